The van der Waals surface area contributed by atoms with E-state index in [1.54, 1.807) is 0 Å². The first kappa shape index (κ1) is 7.88. The molecule has 0 bridgehead atoms. The first-order valence-corrected chi connectivity index (χ1v) is 3.33. The Hall–Kier alpha value is -0.220. The van der Waals surface area contributed by atoms with E-state index in [9.17, 15) is 8.78 Å². The fourth-order valence-corrected chi connectivity index (χ4v) is 1.13. The molecule has 0 aromatic rings. The van der Waals surface area contributed by atoms with Gasteiger partial charge in [0.25, 0.3) is 5.92 Å². The first-order valence-electron chi connectivity index (χ1n) is 3.33. The zero-order valence-corrected chi connectivity index (χ0v) is 5.56. The molecule has 2 nitrogen and oxygen atoms in total. The highest BCUT2D eigenvalue weighted by atomic mass is 19.3. The van der Waals surface area contributed by atoms with Gasteiger partial charge in [0, 0.05) is 18.9 Å². The number of hydrogen-bond donors (Lipinski definition) is 2. The highest BCUT2D eigenvalue weighted by molar-refractivity contribution is 4.86. The number of nitrogens with two attached hydrogens (primary N) is 1. The standard InChI is InChI=1S/C6H11F2NO/c7-6(8)2-1-4(9)5(10)3-6/h4-5,10H,1-3,9H2/t4-,5-/m1/s1. The molecule has 1 aliphatic carbocycles. The summed E-state index contributed by atoms with van der Waals surface area (Å²) in [6, 6.07) is -0.459. The van der Waals surface area contributed by atoms with Crippen LogP contribution in [0.3, 0.4) is 0 Å². The van der Waals surface area contributed by atoms with E-state index in [4.69, 9.17) is 10.8 Å². The van der Waals surface area contributed by atoms with Gasteiger partial charge in [0.05, 0.1) is 6.10 Å². The van der Waals surface area contributed by atoms with Crippen LogP contribution in [-0.2, 0) is 0 Å². The smallest absolute Gasteiger partial charge is 0.250 e. The van der Waals surface area contributed by atoms with Gasteiger partial charge in [-0.15, -0.1) is 0 Å². The zero-order chi connectivity index (χ0) is 7.78. The minimum Gasteiger partial charge on any atom is -0.391 e. The summed E-state index contributed by atoms with van der Waals surface area (Å²) in [5, 5.41) is 8.91. The van der Waals surface area contributed by atoms with E-state index in [-0.39, 0.29) is 12.8 Å². The quantitative estimate of drug-likeness (QED) is 0.529. The van der Waals surface area contributed by atoms with Crippen molar-refractivity contribution in [3.05, 3.63) is 0 Å². The Bertz CT molecular complexity index is 129. The van der Waals surface area contributed by atoms with Crippen LogP contribution in [0.4, 0.5) is 8.78 Å². The van der Waals surface area contributed by atoms with Crippen LogP contribution in [0.25, 0.3) is 0 Å². The lowest BCUT2D eigenvalue weighted by atomic mass is 9.90. The molecule has 0 aromatic heterocycles. The molecule has 1 aliphatic rings. The minimum atomic E-state index is -2.70. The van der Waals surface area contributed by atoms with Gasteiger partial charge in [-0.3, -0.25) is 0 Å². The number of hydrogen-bond acceptors (Lipinski definition) is 2. The second kappa shape index (κ2) is 2.43. The molecule has 60 valence electrons. The van der Waals surface area contributed by atoms with Crippen molar-refractivity contribution in [2.24, 2.45) is 5.73 Å². The molecule has 4 heteroatoms. The van der Waals surface area contributed by atoms with Gasteiger partial charge in [-0.25, -0.2) is 8.78 Å². The van der Waals surface area contributed by atoms with Crippen molar-refractivity contribution in [1.29, 1.82) is 0 Å². The van der Waals surface area contributed by atoms with Gasteiger partial charge < -0.3 is 10.8 Å². The Balaban J connectivity index is 2.49. The Morgan fingerprint density at radius 2 is 2.10 bits per heavy atom. The molecule has 1 fully saturated rings. The normalized spacial score (nSPS) is 39.6. The lowest BCUT2D eigenvalue weighted by Crippen LogP contribution is -2.44. The maximum atomic E-state index is 12.4. The van der Waals surface area contributed by atoms with Crippen molar-refractivity contribution in [2.45, 2.75) is 37.3 Å². The molecule has 2 atom stereocenters. The number of rotatable bonds is 0. The third kappa shape index (κ3) is 1.64. The van der Waals surface area contributed by atoms with Crippen LogP contribution in [0.15, 0.2) is 0 Å². The highest BCUT2D eigenvalue weighted by Crippen LogP contribution is 2.32. The molecule has 0 spiro atoms. The van der Waals surface area contributed by atoms with Gasteiger partial charge in [0.1, 0.15) is 0 Å². The molecule has 0 aromatic carbocycles. The van der Waals surface area contributed by atoms with Gasteiger partial charge in [-0.1, -0.05) is 0 Å². The third-order valence-corrected chi connectivity index (χ3v) is 1.85. The van der Waals surface area contributed by atoms with E-state index in [2.05, 4.69) is 0 Å². The Morgan fingerprint density at radius 3 is 2.50 bits per heavy atom. The Kier molecular flexibility index (Phi) is 1.92. The van der Waals surface area contributed by atoms with Crippen molar-refractivity contribution in [3.8, 4) is 0 Å². The molecule has 0 unspecified atom stereocenters. The molecule has 1 rings (SSSR count). The van der Waals surface area contributed by atoms with Crippen molar-refractivity contribution >= 4 is 0 Å². The second-order valence-electron chi connectivity index (χ2n) is 2.83. The van der Waals surface area contributed by atoms with Crippen LogP contribution in [0.5, 0.6) is 0 Å². The number of aliphatic hydroxyl groups excluding tert-OH is 1. The SMILES string of the molecule is N[C@@H]1CCC(F)(F)C[C@H]1O. The van der Waals surface area contributed by atoms with Gasteiger partial charge in [-0.05, 0) is 6.42 Å². The van der Waals surface area contributed by atoms with Gasteiger partial charge in [-0.2, -0.15) is 0 Å². The van der Waals surface area contributed by atoms with Gasteiger partial charge in [0.2, 0.25) is 0 Å². The number of halogens is 2. The van der Waals surface area contributed by atoms with E-state index in [1.807, 2.05) is 0 Å². The van der Waals surface area contributed by atoms with E-state index < -0.39 is 24.5 Å². The summed E-state index contributed by atoms with van der Waals surface area (Å²) in [5.74, 6) is -2.70. The Morgan fingerprint density at radius 1 is 1.50 bits per heavy atom. The summed E-state index contributed by atoms with van der Waals surface area (Å²) in [6.45, 7) is 0. The predicted molar refractivity (Wildman–Crippen MR) is 32.8 cm³/mol. The molecular formula is C6H11F2NO. The van der Waals surface area contributed by atoms with E-state index >= 15 is 0 Å². The van der Waals surface area contributed by atoms with E-state index in [0.717, 1.165) is 0 Å². The monoisotopic (exact) mass is 151 g/mol. The molecule has 0 aliphatic heterocycles. The summed E-state index contributed by atoms with van der Waals surface area (Å²) in [7, 11) is 0. The molecule has 10 heavy (non-hydrogen) atoms. The fraction of sp³-hybridized carbons (Fsp3) is 1.00. The van der Waals surface area contributed by atoms with Gasteiger partial charge in [0.15, 0.2) is 0 Å². The second-order valence-corrected chi connectivity index (χ2v) is 2.83. The van der Waals surface area contributed by atoms with Crippen molar-refractivity contribution in [2.75, 3.05) is 0 Å². The molecule has 0 radical (unpaired) electrons. The third-order valence-electron chi connectivity index (χ3n) is 1.85. The van der Waals surface area contributed by atoms with Crippen LogP contribution in [0.1, 0.15) is 19.3 Å². The average molecular weight is 151 g/mol. The molecule has 3 N–H and O–H groups in total. The van der Waals surface area contributed by atoms with E-state index in [1.165, 1.54) is 0 Å². The minimum absolute atomic E-state index is 0.189. The fourth-order valence-electron chi connectivity index (χ4n) is 1.13. The van der Waals surface area contributed by atoms with Gasteiger partial charge >= 0.3 is 0 Å². The maximum Gasteiger partial charge on any atom is 0.250 e. The van der Waals surface area contributed by atoms with Crippen LogP contribution >= 0.6 is 0 Å². The summed E-state index contributed by atoms with van der Waals surface area (Å²) >= 11 is 0. The number of alkyl halides is 2. The summed E-state index contributed by atoms with van der Waals surface area (Å²) in [4.78, 5) is 0. The average Bonchev–Trinajstić information content (AvgIpc) is 1.79. The van der Waals surface area contributed by atoms with Crippen molar-refractivity contribution < 1.29 is 13.9 Å². The lowest BCUT2D eigenvalue weighted by molar-refractivity contribution is -0.0825. The highest BCUT2D eigenvalue weighted by Gasteiger charge is 2.39. The maximum absolute atomic E-state index is 12.4. The van der Waals surface area contributed by atoms with E-state index in [0.29, 0.717) is 0 Å². The first-order chi connectivity index (χ1) is 4.51. The van der Waals surface area contributed by atoms with Crippen LogP contribution in [-0.4, -0.2) is 23.2 Å². The van der Waals surface area contributed by atoms with Crippen LogP contribution in [0, 0.1) is 0 Å². The Labute approximate surface area is 58.0 Å². The summed E-state index contributed by atoms with van der Waals surface area (Å²) in [6.07, 6.45) is -1.48. The van der Waals surface area contributed by atoms with Crippen molar-refractivity contribution in [1.82, 2.24) is 0 Å². The van der Waals surface area contributed by atoms with Crippen LogP contribution in [0.2, 0.25) is 0 Å². The lowest BCUT2D eigenvalue weighted by Gasteiger charge is -2.30. The largest absolute Gasteiger partial charge is 0.391 e. The molecule has 0 amide bonds. The summed E-state index contributed by atoms with van der Waals surface area (Å²) in [5.41, 5.74) is 5.32. The molecule has 0 heterocycles. The van der Waals surface area contributed by atoms with Crippen LogP contribution < -0.4 is 5.73 Å². The van der Waals surface area contributed by atoms with Crippen molar-refractivity contribution in [3.63, 3.8) is 0 Å². The topological polar surface area (TPSA) is 46.2 Å². The molecular weight excluding hydrogens is 140 g/mol. The molecule has 1 saturated carbocycles. The zero-order valence-electron chi connectivity index (χ0n) is 5.56. The summed E-state index contributed by atoms with van der Waals surface area (Å²) < 4.78 is 24.8. The predicted octanol–water partition coefficient (Wildman–Crippen LogP) is 0.494. The molecule has 0 saturated heterocycles. The number of aliphatic hydroxyl groups is 1.